The van der Waals surface area contributed by atoms with Crippen molar-refractivity contribution in [3.63, 3.8) is 0 Å². The number of amides is 1. The van der Waals surface area contributed by atoms with Crippen LogP contribution in [0.4, 0.5) is 4.79 Å². The van der Waals surface area contributed by atoms with E-state index in [1.807, 2.05) is 26.8 Å². The molecule has 1 aliphatic carbocycles. The highest BCUT2D eigenvalue weighted by Crippen LogP contribution is 2.42. The summed E-state index contributed by atoms with van der Waals surface area (Å²) in [5.74, 6) is -0.145. The molecule has 0 aliphatic heterocycles. The molecule has 0 atom stereocenters. The Hall–Kier alpha value is -1.75. The quantitative estimate of drug-likeness (QED) is 0.911. The predicted octanol–water partition coefficient (Wildman–Crippen LogP) is 3.90. The van der Waals surface area contributed by atoms with Crippen molar-refractivity contribution < 1.29 is 18.6 Å². The van der Waals surface area contributed by atoms with Gasteiger partial charge in [0.15, 0.2) is 0 Å². The number of hydrogen-bond acceptors (Lipinski definition) is 4. The van der Waals surface area contributed by atoms with Crippen LogP contribution in [0.15, 0.2) is 18.2 Å². The van der Waals surface area contributed by atoms with E-state index >= 15 is 0 Å². The van der Waals surface area contributed by atoms with Gasteiger partial charge in [0.25, 0.3) is 0 Å². The highest BCUT2D eigenvalue weighted by Gasteiger charge is 2.27. The van der Waals surface area contributed by atoms with Gasteiger partial charge in [-0.15, -0.1) is 0 Å². The smallest absolute Gasteiger partial charge is 0.407 e. The lowest BCUT2D eigenvalue weighted by atomic mass is 10.00. The third-order valence-corrected chi connectivity index (χ3v) is 3.43. The molecule has 0 saturated heterocycles. The van der Waals surface area contributed by atoms with Gasteiger partial charge in [0.2, 0.25) is 0 Å². The van der Waals surface area contributed by atoms with Crippen LogP contribution in [-0.2, 0) is 15.6 Å². The number of nitrogens with one attached hydrogen (secondary N) is 1. The fraction of sp³-hybridized carbons (Fsp3) is 0.500. The van der Waals surface area contributed by atoms with Gasteiger partial charge in [-0.25, -0.2) is 9.59 Å². The zero-order valence-corrected chi connectivity index (χ0v) is 13.7. The second-order valence-electron chi connectivity index (χ2n) is 6.41. The molecule has 1 fully saturated rings. The summed E-state index contributed by atoms with van der Waals surface area (Å²) in [6.45, 7) is 5.80. The maximum absolute atomic E-state index is 11.7. The average molecular weight is 326 g/mol. The first-order valence-electron chi connectivity index (χ1n) is 7.23. The Morgan fingerprint density at radius 2 is 2.00 bits per heavy atom. The van der Waals surface area contributed by atoms with Crippen LogP contribution >= 0.6 is 11.9 Å². The number of rotatable bonds is 4. The topological polar surface area (TPSA) is 64.6 Å². The van der Waals surface area contributed by atoms with E-state index in [1.54, 1.807) is 12.1 Å². The van der Waals surface area contributed by atoms with E-state index < -0.39 is 17.7 Å². The third-order valence-electron chi connectivity index (χ3n) is 3.29. The number of alkyl carbamates (subject to hydrolysis) is 1. The second kappa shape index (κ2) is 6.57. The van der Waals surface area contributed by atoms with Crippen LogP contribution in [0, 0.1) is 0 Å². The summed E-state index contributed by atoms with van der Waals surface area (Å²) in [6, 6.07) is 5.24. The van der Waals surface area contributed by atoms with Gasteiger partial charge in [-0.2, -0.15) is 0 Å². The first kappa shape index (κ1) is 16.6. The Kier molecular flexibility index (Phi) is 4.96. The molecule has 0 spiro atoms. The van der Waals surface area contributed by atoms with Gasteiger partial charge in [0.1, 0.15) is 17.5 Å². The molecule has 0 unspecified atom stereocenters. The summed E-state index contributed by atoms with van der Waals surface area (Å²) in [5, 5.41) is 2.74. The molecule has 0 bridgehead atoms. The van der Waals surface area contributed by atoms with Crippen LogP contribution in [0.25, 0.3) is 0 Å². The maximum Gasteiger partial charge on any atom is 0.407 e. The van der Waals surface area contributed by atoms with Crippen LogP contribution in [0.2, 0.25) is 0 Å². The Labute approximate surface area is 135 Å². The minimum absolute atomic E-state index is 0.358. The fourth-order valence-electron chi connectivity index (χ4n) is 2.18. The summed E-state index contributed by atoms with van der Waals surface area (Å²) >= 11 is 5.11. The number of ether oxygens (including phenoxy) is 1. The SMILES string of the molecule is CC(C)(C)OC(=O)NCc1ccc(C(=O)OCl)cc1C1CC1. The molecule has 1 aromatic carbocycles. The summed E-state index contributed by atoms with van der Waals surface area (Å²) < 4.78 is 9.44. The summed E-state index contributed by atoms with van der Waals surface area (Å²) in [6.07, 6.45) is 1.70. The molecule has 1 saturated carbocycles. The monoisotopic (exact) mass is 325 g/mol. The largest absolute Gasteiger partial charge is 0.444 e. The number of carbonyl (C=O) groups excluding carboxylic acids is 2. The van der Waals surface area contributed by atoms with Gasteiger partial charge >= 0.3 is 12.1 Å². The maximum atomic E-state index is 11.7. The van der Waals surface area contributed by atoms with Crippen LogP contribution in [0.3, 0.4) is 0 Å². The standard InChI is InChI=1S/C16H20ClNO4/c1-16(2,3)21-15(20)18-9-12-7-6-11(14(19)22-17)8-13(12)10-4-5-10/h6-8,10H,4-5,9H2,1-3H3,(H,18,20). The summed E-state index contributed by atoms with van der Waals surface area (Å²) in [5.41, 5.74) is 1.91. The average Bonchev–Trinajstić information content (AvgIpc) is 3.26. The molecule has 5 nitrogen and oxygen atoms in total. The van der Waals surface area contributed by atoms with E-state index in [-0.39, 0.29) is 0 Å². The Morgan fingerprint density at radius 3 is 2.55 bits per heavy atom. The van der Waals surface area contributed by atoms with Crippen LogP contribution in [-0.4, -0.2) is 17.7 Å². The van der Waals surface area contributed by atoms with E-state index in [9.17, 15) is 9.59 Å². The van der Waals surface area contributed by atoms with E-state index in [0.717, 1.165) is 24.0 Å². The highest BCUT2D eigenvalue weighted by molar-refractivity contribution is 6.15. The van der Waals surface area contributed by atoms with Crippen molar-refractivity contribution in [1.29, 1.82) is 0 Å². The lowest BCUT2D eigenvalue weighted by Crippen LogP contribution is -2.32. The van der Waals surface area contributed by atoms with Crippen LogP contribution in [0.1, 0.15) is 61.0 Å². The van der Waals surface area contributed by atoms with Gasteiger partial charge in [-0.1, -0.05) is 6.07 Å². The van der Waals surface area contributed by atoms with Crippen molar-refractivity contribution >= 4 is 23.9 Å². The molecule has 1 aromatic rings. The van der Waals surface area contributed by atoms with Crippen molar-refractivity contribution in [3.8, 4) is 0 Å². The van der Waals surface area contributed by atoms with E-state index in [2.05, 4.69) is 9.61 Å². The van der Waals surface area contributed by atoms with Crippen molar-refractivity contribution in [2.45, 2.75) is 51.7 Å². The van der Waals surface area contributed by atoms with Gasteiger partial charge < -0.3 is 14.3 Å². The molecule has 22 heavy (non-hydrogen) atoms. The molecule has 1 aliphatic rings. The number of hydrogen-bond donors (Lipinski definition) is 1. The Balaban J connectivity index is 2.07. The minimum Gasteiger partial charge on any atom is -0.444 e. The summed E-state index contributed by atoms with van der Waals surface area (Å²) in [4.78, 5) is 23.2. The molecule has 1 N–H and O–H groups in total. The van der Waals surface area contributed by atoms with Crippen molar-refractivity contribution in [2.75, 3.05) is 0 Å². The van der Waals surface area contributed by atoms with E-state index in [0.29, 0.717) is 18.0 Å². The lowest BCUT2D eigenvalue weighted by Gasteiger charge is -2.20. The minimum atomic E-state index is -0.574. The van der Waals surface area contributed by atoms with Crippen molar-refractivity contribution in [2.24, 2.45) is 0 Å². The molecule has 120 valence electrons. The first-order chi connectivity index (χ1) is 10.3. The molecule has 2 rings (SSSR count). The van der Waals surface area contributed by atoms with Gasteiger partial charge in [0.05, 0.1) is 5.56 Å². The summed E-state index contributed by atoms with van der Waals surface area (Å²) in [7, 11) is 0. The molecule has 0 radical (unpaired) electrons. The molecule has 0 heterocycles. The Bertz CT molecular complexity index is 576. The highest BCUT2D eigenvalue weighted by atomic mass is 35.5. The van der Waals surface area contributed by atoms with Crippen LogP contribution in [0.5, 0.6) is 0 Å². The van der Waals surface area contributed by atoms with Gasteiger partial charge in [-0.05, 0) is 62.8 Å². The molecule has 6 heteroatoms. The van der Waals surface area contributed by atoms with E-state index in [4.69, 9.17) is 16.6 Å². The number of benzene rings is 1. The first-order valence-corrected chi connectivity index (χ1v) is 7.53. The zero-order chi connectivity index (χ0) is 16.3. The molecular weight excluding hydrogens is 306 g/mol. The Morgan fingerprint density at radius 1 is 1.32 bits per heavy atom. The predicted molar refractivity (Wildman–Crippen MR) is 82.8 cm³/mol. The molecule has 1 amide bonds. The normalized spacial score (nSPS) is 14.4. The van der Waals surface area contributed by atoms with Gasteiger partial charge in [0, 0.05) is 6.54 Å². The van der Waals surface area contributed by atoms with Crippen molar-refractivity contribution in [3.05, 3.63) is 34.9 Å². The molecule has 0 aromatic heterocycles. The number of carbonyl (C=O) groups is 2. The van der Waals surface area contributed by atoms with Crippen LogP contribution < -0.4 is 5.32 Å². The van der Waals surface area contributed by atoms with Crippen molar-refractivity contribution in [1.82, 2.24) is 5.32 Å². The third kappa shape index (κ3) is 4.63. The fourth-order valence-corrected chi connectivity index (χ4v) is 2.27. The number of halogens is 1. The van der Waals surface area contributed by atoms with Gasteiger partial charge in [-0.3, -0.25) is 0 Å². The van der Waals surface area contributed by atoms with E-state index in [1.165, 1.54) is 0 Å². The zero-order valence-electron chi connectivity index (χ0n) is 12.9. The second-order valence-corrected chi connectivity index (χ2v) is 6.56. The lowest BCUT2D eigenvalue weighted by molar-refractivity contribution is 0.0523. The molecular formula is C16H20ClNO4.